The maximum absolute atomic E-state index is 12.2. The van der Waals surface area contributed by atoms with Crippen molar-refractivity contribution in [2.75, 3.05) is 0 Å². The minimum atomic E-state index is -0.991. The number of carboxylic acids is 1. The highest BCUT2D eigenvalue weighted by molar-refractivity contribution is 5.93. The number of carboxylic acid groups (broad SMARTS) is 1. The standard InChI is InChI=1S/C15H16N2O4/c1-9-14(21-10(2)16-9)15(20)17-12(8-13(18)19)11-6-4-3-5-7-11/h3-7,12H,8H2,1-2H3,(H,17,20)(H,18,19). The molecule has 0 fully saturated rings. The van der Waals surface area contributed by atoms with Gasteiger partial charge in [0, 0.05) is 6.92 Å². The highest BCUT2D eigenvalue weighted by atomic mass is 16.4. The van der Waals surface area contributed by atoms with Gasteiger partial charge < -0.3 is 14.8 Å². The second kappa shape index (κ2) is 6.21. The molecule has 1 unspecified atom stereocenters. The Morgan fingerprint density at radius 1 is 1.29 bits per heavy atom. The van der Waals surface area contributed by atoms with Crippen LogP contribution in [0.3, 0.4) is 0 Å². The lowest BCUT2D eigenvalue weighted by Crippen LogP contribution is -2.30. The first-order chi connectivity index (χ1) is 9.97. The van der Waals surface area contributed by atoms with Gasteiger partial charge in [-0.1, -0.05) is 30.3 Å². The zero-order chi connectivity index (χ0) is 15.4. The largest absolute Gasteiger partial charge is 0.481 e. The molecule has 110 valence electrons. The van der Waals surface area contributed by atoms with E-state index in [1.54, 1.807) is 38.1 Å². The number of aryl methyl sites for hydroxylation is 2. The molecule has 6 nitrogen and oxygen atoms in total. The number of rotatable bonds is 5. The molecule has 2 aromatic rings. The lowest BCUT2D eigenvalue weighted by Gasteiger charge is -2.16. The molecule has 1 aromatic heterocycles. The fourth-order valence-corrected chi connectivity index (χ4v) is 2.08. The van der Waals surface area contributed by atoms with Gasteiger partial charge >= 0.3 is 5.97 Å². The van der Waals surface area contributed by atoms with E-state index in [1.165, 1.54) is 0 Å². The summed E-state index contributed by atoms with van der Waals surface area (Å²) in [7, 11) is 0. The molecule has 0 aliphatic rings. The Bertz CT molecular complexity index is 649. The van der Waals surface area contributed by atoms with E-state index in [0.29, 0.717) is 11.6 Å². The van der Waals surface area contributed by atoms with Gasteiger partial charge in [-0.25, -0.2) is 4.98 Å². The van der Waals surface area contributed by atoms with Crippen LogP contribution in [-0.4, -0.2) is 22.0 Å². The van der Waals surface area contributed by atoms with Crippen molar-refractivity contribution in [1.82, 2.24) is 10.3 Å². The second-order valence-corrected chi connectivity index (χ2v) is 4.68. The van der Waals surface area contributed by atoms with Gasteiger partial charge in [-0.15, -0.1) is 0 Å². The molecule has 1 heterocycles. The van der Waals surface area contributed by atoms with Crippen LogP contribution >= 0.6 is 0 Å². The zero-order valence-electron chi connectivity index (χ0n) is 11.8. The van der Waals surface area contributed by atoms with Crippen LogP contribution in [-0.2, 0) is 4.79 Å². The summed E-state index contributed by atoms with van der Waals surface area (Å²) < 4.78 is 5.25. The van der Waals surface area contributed by atoms with Crippen LogP contribution in [0, 0.1) is 13.8 Å². The van der Waals surface area contributed by atoms with Gasteiger partial charge in [-0.3, -0.25) is 9.59 Å². The number of benzene rings is 1. The summed E-state index contributed by atoms with van der Waals surface area (Å²) in [5.41, 5.74) is 1.20. The van der Waals surface area contributed by atoms with E-state index in [-0.39, 0.29) is 12.2 Å². The first kappa shape index (κ1) is 14.8. The summed E-state index contributed by atoms with van der Waals surface area (Å²) in [4.78, 5) is 27.2. The number of amides is 1. The van der Waals surface area contributed by atoms with E-state index in [1.807, 2.05) is 6.07 Å². The van der Waals surface area contributed by atoms with Gasteiger partial charge in [0.1, 0.15) is 0 Å². The SMILES string of the molecule is Cc1nc(C)c(C(=O)NC(CC(=O)O)c2ccccc2)o1. The molecule has 0 radical (unpaired) electrons. The van der Waals surface area contributed by atoms with E-state index >= 15 is 0 Å². The van der Waals surface area contributed by atoms with Crippen molar-refractivity contribution in [2.45, 2.75) is 26.3 Å². The summed E-state index contributed by atoms with van der Waals surface area (Å²) >= 11 is 0. The summed E-state index contributed by atoms with van der Waals surface area (Å²) in [6.07, 6.45) is -0.206. The van der Waals surface area contributed by atoms with Crippen molar-refractivity contribution in [3.05, 3.63) is 53.2 Å². The van der Waals surface area contributed by atoms with E-state index in [4.69, 9.17) is 9.52 Å². The predicted molar refractivity (Wildman–Crippen MR) is 74.9 cm³/mol. The molecular weight excluding hydrogens is 272 g/mol. The number of aliphatic carboxylic acids is 1. The van der Waals surface area contributed by atoms with Crippen LogP contribution in [0.4, 0.5) is 0 Å². The van der Waals surface area contributed by atoms with Gasteiger partial charge in [0.05, 0.1) is 18.2 Å². The Morgan fingerprint density at radius 3 is 2.48 bits per heavy atom. The van der Waals surface area contributed by atoms with Gasteiger partial charge in [0.15, 0.2) is 5.89 Å². The van der Waals surface area contributed by atoms with Crippen molar-refractivity contribution >= 4 is 11.9 Å². The van der Waals surface area contributed by atoms with Crippen LogP contribution in [0.25, 0.3) is 0 Å². The average molecular weight is 288 g/mol. The monoisotopic (exact) mass is 288 g/mol. The number of carbonyl (C=O) groups is 2. The Labute approximate surface area is 121 Å². The summed E-state index contributed by atoms with van der Waals surface area (Å²) in [6.45, 7) is 3.32. The number of nitrogens with one attached hydrogen (secondary N) is 1. The minimum Gasteiger partial charge on any atom is -0.481 e. The third-order valence-electron chi connectivity index (χ3n) is 3.00. The van der Waals surface area contributed by atoms with Crippen molar-refractivity contribution < 1.29 is 19.1 Å². The topological polar surface area (TPSA) is 92.4 Å². The molecule has 1 atom stereocenters. The molecule has 0 aliphatic carbocycles. The summed E-state index contributed by atoms with van der Waals surface area (Å²) in [6, 6.07) is 8.33. The third-order valence-corrected chi connectivity index (χ3v) is 3.00. The molecule has 0 saturated heterocycles. The molecule has 1 aromatic carbocycles. The molecule has 2 rings (SSSR count). The highest BCUT2D eigenvalue weighted by Crippen LogP contribution is 2.18. The van der Waals surface area contributed by atoms with Crippen LogP contribution in [0.5, 0.6) is 0 Å². The molecule has 0 saturated carbocycles. The van der Waals surface area contributed by atoms with Gasteiger partial charge in [-0.05, 0) is 12.5 Å². The van der Waals surface area contributed by atoms with Crippen molar-refractivity contribution in [1.29, 1.82) is 0 Å². The predicted octanol–water partition coefficient (Wildman–Crippen LogP) is 2.24. The number of carbonyl (C=O) groups excluding carboxylic acids is 1. The fraction of sp³-hybridized carbons (Fsp3) is 0.267. The molecule has 2 N–H and O–H groups in total. The fourth-order valence-electron chi connectivity index (χ4n) is 2.08. The quantitative estimate of drug-likeness (QED) is 0.880. The molecule has 0 bridgehead atoms. The van der Waals surface area contributed by atoms with Crippen molar-refractivity contribution in [3.8, 4) is 0 Å². The molecule has 0 aliphatic heterocycles. The Hall–Kier alpha value is -2.63. The van der Waals surface area contributed by atoms with E-state index in [0.717, 1.165) is 5.56 Å². The van der Waals surface area contributed by atoms with E-state index < -0.39 is 17.9 Å². The Kier molecular flexibility index (Phi) is 4.37. The summed E-state index contributed by atoms with van der Waals surface area (Å²) in [5.74, 6) is -0.955. The third kappa shape index (κ3) is 3.68. The lowest BCUT2D eigenvalue weighted by molar-refractivity contribution is -0.137. The van der Waals surface area contributed by atoms with Crippen LogP contribution in [0.15, 0.2) is 34.7 Å². The molecule has 0 spiro atoms. The molecular formula is C15H16N2O4. The van der Waals surface area contributed by atoms with Crippen LogP contribution in [0.1, 0.15) is 40.2 Å². The first-order valence-electron chi connectivity index (χ1n) is 6.49. The van der Waals surface area contributed by atoms with Gasteiger partial charge in [-0.2, -0.15) is 0 Å². The second-order valence-electron chi connectivity index (χ2n) is 4.68. The highest BCUT2D eigenvalue weighted by Gasteiger charge is 2.22. The number of oxazole rings is 1. The lowest BCUT2D eigenvalue weighted by atomic mass is 10.0. The minimum absolute atomic E-state index is 0.110. The van der Waals surface area contributed by atoms with E-state index in [9.17, 15) is 9.59 Å². The molecule has 6 heteroatoms. The number of hydrogen-bond donors (Lipinski definition) is 2. The number of nitrogens with zero attached hydrogens (tertiary/aromatic N) is 1. The zero-order valence-corrected chi connectivity index (χ0v) is 11.8. The molecule has 1 amide bonds. The number of hydrogen-bond acceptors (Lipinski definition) is 4. The Morgan fingerprint density at radius 2 is 1.95 bits per heavy atom. The Balaban J connectivity index is 2.21. The van der Waals surface area contributed by atoms with Crippen molar-refractivity contribution in [3.63, 3.8) is 0 Å². The normalized spacial score (nSPS) is 11.9. The van der Waals surface area contributed by atoms with Crippen molar-refractivity contribution in [2.24, 2.45) is 0 Å². The van der Waals surface area contributed by atoms with Gasteiger partial charge in [0.25, 0.3) is 5.91 Å². The smallest absolute Gasteiger partial charge is 0.305 e. The average Bonchev–Trinajstić information content (AvgIpc) is 2.77. The van der Waals surface area contributed by atoms with Crippen LogP contribution in [0.2, 0.25) is 0 Å². The van der Waals surface area contributed by atoms with E-state index in [2.05, 4.69) is 10.3 Å². The maximum Gasteiger partial charge on any atom is 0.305 e. The summed E-state index contributed by atoms with van der Waals surface area (Å²) in [5, 5.41) is 11.7. The van der Waals surface area contributed by atoms with Crippen LogP contribution < -0.4 is 5.32 Å². The maximum atomic E-state index is 12.2. The number of aromatic nitrogens is 1. The first-order valence-corrected chi connectivity index (χ1v) is 6.49. The molecule has 21 heavy (non-hydrogen) atoms. The van der Waals surface area contributed by atoms with Gasteiger partial charge in [0.2, 0.25) is 5.76 Å².